The van der Waals surface area contributed by atoms with Crippen LogP contribution in [0.25, 0.3) is 21.5 Å². The topological polar surface area (TPSA) is 3.24 Å². The van der Waals surface area contributed by atoms with Gasteiger partial charge in [0.2, 0.25) is 0 Å². The van der Waals surface area contributed by atoms with Crippen molar-refractivity contribution in [1.29, 1.82) is 0 Å². The molecule has 0 saturated heterocycles. The van der Waals surface area contributed by atoms with E-state index in [0.717, 1.165) is 13.0 Å². The molecule has 24 heavy (non-hydrogen) atoms. The highest BCUT2D eigenvalue weighted by molar-refractivity contribution is 6.14. The lowest BCUT2D eigenvalue weighted by Crippen LogP contribution is -2.17. The molecule has 0 N–H and O–H groups in total. The zero-order valence-electron chi connectivity index (χ0n) is 16.2. The van der Waals surface area contributed by atoms with Crippen LogP contribution in [0.3, 0.4) is 0 Å². The maximum absolute atomic E-state index is 2.40. The monoisotopic (exact) mass is 319 g/mol. The maximum atomic E-state index is 2.40. The average molecular weight is 319 g/mol. The number of rotatable bonds is 3. The van der Waals surface area contributed by atoms with E-state index >= 15 is 0 Å². The summed E-state index contributed by atoms with van der Waals surface area (Å²) in [7, 11) is 2.21. The second-order valence-corrected chi connectivity index (χ2v) is 7.16. The van der Waals surface area contributed by atoms with Gasteiger partial charge in [0.15, 0.2) is 0 Å². The average Bonchev–Trinajstić information content (AvgIpc) is 2.55. The molecule has 0 heterocycles. The van der Waals surface area contributed by atoms with Crippen LogP contribution in [0.15, 0.2) is 24.3 Å². The third-order valence-corrected chi connectivity index (χ3v) is 5.64. The zero-order valence-corrected chi connectivity index (χ0v) is 16.2. The maximum Gasteiger partial charge on any atom is 0.0523 e. The van der Waals surface area contributed by atoms with E-state index < -0.39 is 0 Å². The largest absolute Gasteiger partial charge is 0.374 e. The van der Waals surface area contributed by atoms with Gasteiger partial charge >= 0.3 is 0 Å². The number of hydrogen-bond acceptors (Lipinski definition) is 1. The first-order valence-electron chi connectivity index (χ1n) is 9.06. The van der Waals surface area contributed by atoms with Crippen LogP contribution >= 0.6 is 0 Å². The van der Waals surface area contributed by atoms with Crippen LogP contribution in [-0.4, -0.2) is 13.6 Å². The lowest BCUT2D eigenvalue weighted by Gasteiger charge is -2.25. The van der Waals surface area contributed by atoms with E-state index in [9.17, 15) is 0 Å². The van der Waals surface area contributed by atoms with Gasteiger partial charge in [-0.3, -0.25) is 0 Å². The summed E-state index contributed by atoms with van der Waals surface area (Å²) < 4.78 is 0. The molecule has 0 amide bonds. The Bertz CT molecular complexity index is 865. The molecule has 1 nitrogen and oxygen atoms in total. The minimum atomic E-state index is 1.01. The van der Waals surface area contributed by atoms with Gasteiger partial charge in [-0.05, 0) is 91.8 Å². The second-order valence-electron chi connectivity index (χ2n) is 7.16. The standard InChI is InChI=1S/C23H29N/c1-8-18-19-10-14(3)16(5)12-21(19)23(24(7)9-2)22-13-17(6)15(4)11-20(18)22/h10-13H,8-9H2,1-7H3. The Hall–Kier alpha value is -2.02. The van der Waals surface area contributed by atoms with Gasteiger partial charge in [-0.1, -0.05) is 19.1 Å². The van der Waals surface area contributed by atoms with Crippen LogP contribution in [-0.2, 0) is 6.42 Å². The summed E-state index contributed by atoms with van der Waals surface area (Å²) in [4.78, 5) is 2.40. The van der Waals surface area contributed by atoms with Gasteiger partial charge in [0.1, 0.15) is 0 Å². The summed E-state index contributed by atoms with van der Waals surface area (Å²) in [5, 5.41) is 5.64. The van der Waals surface area contributed by atoms with Crippen molar-refractivity contribution in [3.63, 3.8) is 0 Å². The Kier molecular flexibility index (Phi) is 4.29. The molecule has 3 aromatic carbocycles. The summed E-state index contributed by atoms with van der Waals surface area (Å²) >= 11 is 0. The Morgan fingerprint density at radius 1 is 0.667 bits per heavy atom. The molecule has 0 aliphatic rings. The van der Waals surface area contributed by atoms with Crippen LogP contribution < -0.4 is 4.90 Å². The Balaban J connectivity index is 2.63. The van der Waals surface area contributed by atoms with Gasteiger partial charge in [0.05, 0.1) is 5.69 Å². The predicted molar refractivity (Wildman–Crippen MR) is 109 cm³/mol. The van der Waals surface area contributed by atoms with E-state index in [2.05, 4.69) is 77.8 Å². The molecule has 0 fully saturated rings. The van der Waals surface area contributed by atoms with Crippen molar-refractivity contribution >= 4 is 27.2 Å². The first kappa shape index (κ1) is 16.8. The van der Waals surface area contributed by atoms with Gasteiger partial charge in [-0.2, -0.15) is 0 Å². The fourth-order valence-corrected chi connectivity index (χ4v) is 3.76. The summed E-state index contributed by atoms with van der Waals surface area (Å²) in [6.07, 6.45) is 1.06. The van der Waals surface area contributed by atoms with Gasteiger partial charge < -0.3 is 4.90 Å². The highest BCUT2D eigenvalue weighted by atomic mass is 15.1. The SMILES string of the molecule is CCc1c2cc(C)c(C)cc2c(N(C)CC)c2cc(C)c(C)cc12. The van der Waals surface area contributed by atoms with E-state index in [4.69, 9.17) is 0 Å². The van der Waals surface area contributed by atoms with Crippen LogP contribution in [0.2, 0.25) is 0 Å². The van der Waals surface area contributed by atoms with E-state index in [1.165, 1.54) is 55.0 Å². The fourth-order valence-electron chi connectivity index (χ4n) is 3.76. The molecule has 0 aromatic heterocycles. The van der Waals surface area contributed by atoms with Crippen molar-refractivity contribution in [3.05, 3.63) is 52.1 Å². The highest BCUT2D eigenvalue weighted by Gasteiger charge is 2.17. The van der Waals surface area contributed by atoms with Crippen LogP contribution in [0, 0.1) is 27.7 Å². The third-order valence-electron chi connectivity index (χ3n) is 5.64. The lowest BCUT2D eigenvalue weighted by atomic mass is 9.89. The van der Waals surface area contributed by atoms with E-state index in [0.29, 0.717) is 0 Å². The summed E-state index contributed by atoms with van der Waals surface area (Å²) in [6, 6.07) is 9.57. The molecular formula is C23H29N. The van der Waals surface area contributed by atoms with Crippen molar-refractivity contribution in [2.45, 2.75) is 48.0 Å². The molecule has 0 aliphatic carbocycles. The van der Waals surface area contributed by atoms with E-state index in [1.54, 1.807) is 0 Å². The fraction of sp³-hybridized carbons (Fsp3) is 0.391. The number of benzene rings is 3. The van der Waals surface area contributed by atoms with E-state index in [1.807, 2.05) is 0 Å². The minimum Gasteiger partial charge on any atom is -0.374 e. The van der Waals surface area contributed by atoms with Gasteiger partial charge in [0.25, 0.3) is 0 Å². The predicted octanol–water partition coefficient (Wildman–Crippen LogP) is 6.25. The second kappa shape index (κ2) is 6.12. The van der Waals surface area contributed by atoms with Crippen molar-refractivity contribution in [1.82, 2.24) is 0 Å². The van der Waals surface area contributed by atoms with Crippen molar-refractivity contribution in [2.75, 3.05) is 18.5 Å². The quantitative estimate of drug-likeness (QED) is 0.516. The number of hydrogen-bond donors (Lipinski definition) is 0. The van der Waals surface area contributed by atoms with Gasteiger partial charge in [-0.15, -0.1) is 0 Å². The van der Waals surface area contributed by atoms with Gasteiger partial charge in [0, 0.05) is 24.4 Å². The van der Waals surface area contributed by atoms with Crippen molar-refractivity contribution < 1.29 is 0 Å². The molecule has 3 aromatic rings. The summed E-state index contributed by atoms with van der Waals surface area (Å²) in [5.41, 5.74) is 8.37. The molecule has 126 valence electrons. The lowest BCUT2D eigenvalue weighted by molar-refractivity contribution is 0.978. The molecule has 0 spiro atoms. The summed E-state index contributed by atoms with van der Waals surface area (Å²) in [6.45, 7) is 14.4. The summed E-state index contributed by atoms with van der Waals surface area (Å²) in [5.74, 6) is 0. The van der Waals surface area contributed by atoms with Crippen LogP contribution in [0.5, 0.6) is 0 Å². The molecule has 1 heteroatoms. The molecule has 0 atom stereocenters. The molecule has 0 saturated carbocycles. The first-order valence-corrected chi connectivity index (χ1v) is 9.06. The molecule has 0 bridgehead atoms. The molecule has 0 radical (unpaired) electrons. The number of aryl methyl sites for hydroxylation is 5. The van der Waals surface area contributed by atoms with E-state index in [-0.39, 0.29) is 0 Å². The highest BCUT2D eigenvalue weighted by Crippen LogP contribution is 2.40. The molecule has 3 rings (SSSR count). The molecular weight excluding hydrogens is 290 g/mol. The van der Waals surface area contributed by atoms with Crippen LogP contribution in [0.4, 0.5) is 5.69 Å². The zero-order chi connectivity index (χ0) is 17.6. The Labute approximate surface area is 146 Å². The van der Waals surface area contributed by atoms with Crippen molar-refractivity contribution in [3.8, 4) is 0 Å². The van der Waals surface area contributed by atoms with Gasteiger partial charge in [-0.25, -0.2) is 0 Å². The Morgan fingerprint density at radius 3 is 1.38 bits per heavy atom. The molecule has 0 aliphatic heterocycles. The number of fused-ring (bicyclic) bond motifs is 2. The molecule has 0 unspecified atom stereocenters. The minimum absolute atomic E-state index is 1.01. The number of anilines is 1. The Morgan fingerprint density at radius 2 is 1.04 bits per heavy atom. The van der Waals surface area contributed by atoms with Crippen molar-refractivity contribution in [2.24, 2.45) is 0 Å². The number of nitrogens with zero attached hydrogens (tertiary/aromatic N) is 1. The first-order chi connectivity index (χ1) is 11.4. The normalized spacial score (nSPS) is 11.5. The smallest absolute Gasteiger partial charge is 0.0523 e. The van der Waals surface area contributed by atoms with Crippen LogP contribution in [0.1, 0.15) is 41.7 Å². The third kappa shape index (κ3) is 2.47.